The number of carbonyl (C=O) groups is 2. The maximum atomic E-state index is 13.5. The van der Waals surface area contributed by atoms with E-state index in [9.17, 15) is 14.0 Å². The van der Waals surface area contributed by atoms with Crippen molar-refractivity contribution in [2.45, 2.75) is 19.3 Å². The number of hydrogen-bond acceptors (Lipinski definition) is 4. The summed E-state index contributed by atoms with van der Waals surface area (Å²) < 4.78 is 14.8. The largest absolute Gasteiger partial charge is 0.385 e. The molecule has 3 N–H and O–H groups in total. The van der Waals surface area contributed by atoms with Crippen molar-refractivity contribution in [3.63, 3.8) is 0 Å². The Morgan fingerprint density at radius 2 is 1.78 bits per heavy atom. The Hall–Kier alpha value is -3.94. The number of primary amides is 1. The van der Waals surface area contributed by atoms with Crippen molar-refractivity contribution in [2.75, 3.05) is 18.0 Å². The van der Waals surface area contributed by atoms with Gasteiger partial charge in [0.1, 0.15) is 11.5 Å². The first-order valence-electron chi connectivity index (χ1n) is 10.6. The standard InChI is InChI=1S/C24H22FN5O2/c25-16-6-10-18(11-7-16)30-22-19(21(28-30)23(26)31)12-14-29(24(22)32)17-8-4-15(5-9-17)20-3-1-2-13-27-20/h3-11,27H,1-2,12-14H2,(H2,26,31). The molecule has 0 spiro atoms. The lowest BCUT2D eigenvalue weighted by atomic mass is 10.0. The van der Waals surface area contributed by atoms with Crippen LogP contribution in [-0.2, 0) is 6.42 Å². The molecule has 2 amide bonds. The molecule has 0 fully saturated rings. The van der Waals surface area contributed by atoms with Crippen LogP contribution in [0.5, 0.6) is 0 Å². The molecule has 1 aromatic heterocycles. The van der Waals surface area contributed by atoms with E-state index in [4.69, 9.17) is 5.73 Å². The van der Waals surface area contributed by atoms with E-state index in [1.807, 2.05) is 24.3 Å². The van der Waals surface area contributed by atoms with Crippen molar-refractivity contribution in [3.05, 3.63) is 82.9 Å². The molecule has 2 aliphatic rings. The van der Waals surface area contributed by atoms with E-state index in [1.54, 1.807) is 4.90 Å². The highest BCUT2D eigenvalue weighted by Gasteiger charge is 2.34. The number of amides is 2. The first-order valence-corrected chi connectivity index (χ1v) is 10.6. The Balaban J connectivity index is 1.52. The fourth-order valence-electron chi connectivity index (χ4n) is 4.26. The van der Waals surface area contributed by atoms with Crippen LogP contribution in [0.15, 0.2) is 54.6 Å². The number of hydrogen-bond donors (Lipinski definition) is 2. The summed E-state index contributed by atoms with van der Waals surface area (Å²) >= 11 is 0. The summed E-state index contributed by atoms with van der Waals surface area (Å²) in [5.74, 6) is -1.38. The van der Waals surface area contributed by atoms with Gasteiger partial charge in [-0.2, -0.15) is 5.10 Å². The zero-order chi connectivity index (χ0) is 22.2. The topological polar surface area (TPSA) is 93.2 Å². The number of benzene rings is 2. The van der Waals surface area contributed by atoms with Crippen LogP contribution in [0.2, 0.25) is 0 Å². The second kappa shape index (κ2) is 7.96. The number of anilines is 1. The Morgan fingerprint density at radius 3 is 2.44 bits per heavy atom. The maximum Gasteiger partial charge on any atom is 0.277 e. The fraction of sp³-hybridized carbons (Fsp3) is 0.208. The summed E-state index contributed by atoms with van der Waals surface area (Å²) in [6, 6.07) is 13.4. The smallest absolute Gasteiger partial charge is 0.277 e. The number of nitrogens with one attached hydrogen (secondary N) is 1. The molecule has 7 nitrogen and oxygen atoms in total. The van der Waals surface area contributed by atoms with E-state index < -0.39 is 11.7 Å². The Morgan fingerprint density at radius 1 is 1.06 bits per heavy atom. The highest BCUT2D eigenvalue weighted by molar-refractivity contribution is 6.09. The number of nitrogens with zero attached hydrogens (tertiary/aromatic N) is 3. The number of allylic oxidation sites excluding steroid dienone is 1. The molecule has 0 saturated carbocycles. The Bertz CT molecular complexity index is 1230. The molecule has 2 aliphatic heterocycles. The summed E-state index contributed by atoms with van der Waals surface area (Å²) in [6.07, 6.45) is 4.80. The third kappa shape index (κ3) is 3.43. The number of nitrogens with two attached hydrogens (primary N) is 1. The SMILES string of the molecule is NC(=O)c1nn(-c2ccc(F)cc2)c2c1CCN(c1ccc(C3=CCCCN3)cc1)C2=O. The maximum absolute atomic E-state index is 13.5. The number of halogens is 1. The number of fused-ring (bicyclic) bond motifs is 1. The fourth-order valence-corrected chi connectivity index (χ4v) is 4.26. The predicted molar refractivity (Wildman–Crippen MR) is 119 cm³/mol. The van der Waals surface area contributed by atoms with Crippen molar-refractivity contribution >= 4 is 23.2 Å². The van der Waals surface area contributed by atoms with Gasteiger partial charge in [-0.3, -0.25) is 9.59 Å². The minimum Gasteiger partial charge on any atom is -0.385 e. The van der Waals surface area contributed by atoms with Crippen LogP contribution in [0.25, 0.3) is 11.4 Å². The van der Waals surface area contributed by atoms with E-state index in [1.165, 1.54) is 28.9 Å². The van der Waals surface area contributed by atoms with Gasteiger partial charge >= 0.3 is 0 Å². The van der Waals surface area contributed by atoms with Crippen molar-refractivity contribution in [3.8, 4) is 5.69 Å². The number of aromatic nitrogens is 2. The van der Waals surface area contributed by atoms with E-state index in [-0.39, 0.29) is 17.3 Å². The monoisotopic (exact) mass is 431 g/mol. The van der Waals surface area contributed by atoms with E-state index >= 15 is 0 Å². The first kappa shape index (κ1) is 20.0. The quantitative estimate of drug-likeness (QED) is 0.664. The zero-order valence-corrected chi connectivity index (χ0v) is 17.3. The van der Waals surface area contributed by atoms with Crippen LogP contribution in [0.4, 0.5) is 10.1 Å². The summed E-state index contributed by atoms with van der Waals surface area (Å²) in [5.41, 5.74) is 9.82. The summed E-state index contributed by atoms with van der Waals surface area (Å²) in [5, 5.41) is 7.70. The molecule has 32 heavy (non-hydrogen) atoms. The molecule has 0 bridgehead atoms. The van der Waals surface area contributed by atoms with Crippen LogP contribution in [0.1, 0.15) is 44.9 Å². The van der Waals surface area contributed by atoms with Crippen molar-refractivity contribution in [1.82, 2.24) is 15.1 Å². The van der Waals surface area contributed by atoms with Crippen molar-refractivity contribution < 1.29 is 14.0 Å². The second-order valence-electron chi connectivity index (χ2n) is 7.87. The van der Waals surface area contributed by atoms with Gasteiger partial charge in [0.2, 0.25) is 0 Å². The van der Waals surface area contributed by atoms with Crippen LogP contribution < -0.4 is 16.0 Å². The lowest BCUT2D eigenvalue weighted by Crippen LogP contribution is -2.39. The van der Waals surface area contributed by atoms with Crippen molar-refractivity contribution in [1.29, 1.82) is 0 Å². The van der Waals surface area contributed by atoms with E-state index in [0.29, 0.717) is 24.2 Å². The average molecular weight is 431 g/mol. The summed E-state index contributed by atoms with van der Waals surface area (Å²) in [7, 11) is 0. The van der Waals surface area contributed by atoms with Gasteiger partial charge in [0.05, 0.1) is 5.69 Å². The van der Waals surface area contributed by atoms with Crippen molar-refractivity contribution in [2.24, 2.45) is 5.73 Å². The molecular weight excluding hydrogens is 409 g/mol. The highest BCUT2D eigenvalue weighted by atomic mass is 19.1. The van der Waals surface area contributed by atoms with Gasteiger partial charge in [-0.1, -0.05) is 18.2 Å². The van der Waals surface area contributed by atoms with Crippen LogP contribution in [-0.4, -0.2) is 34.7 Å². The molecule has 2 aromatic carbocycles. The van der Waals surface area contributed by atoms with Gasteiger partial charge in [0.25, 0.3) is 11.8 Å². The third-order valence-electron chi connectivity index (χ3n) is 5.86. The van der Waals surface area contributed by atoms with Gasteiger partial charge < -0.3 is 16.0 Å². The summed E-state index contributed by atoms with van der Waals surface area (Å²) in [4.78, 5) is 27.2. The number of rotatable bonds is 4. The lowest BCUT2D eigenvalue weighted by molar-refractivity contribution is 0.0972. The predicted octanol–water partition coefficient (Wildman–Crippen LogP) is 3.04. The molecule has 0 saturated heterocycles. The minimum atomic E-state index is -0.694. The zero-order valence-electron chi connectivity index (χ0n) is 17.3. The molecule has 8 heteroatoms. The molecule has 3 heterocycles. The van der Waals surface area contributed by atoms with E-state index in [2.05, 4.69) is 16.5 Å². The van der Waals surface area contributed by atoms with Gasteiger partial charge in [-0.15, -0.1) is 0 Å². The molecular formula is C24H22FN5O2. The number of carbonyl (C=O) groups excluding carboxylic acids is 2. The van der Waals surface area contributed by atoms with Gasteiger partial charge in [-0.05, 0) is 61.2 Å². The molecule has 0 radical (unpaired) electrons. The normalized spacial score (nSPS) is 15.7. The molecule has 0 aliphatic carbocycles. The van der Waals surface area contributed by atoms with Gasteiger partial charge in [0.15, 0.2) is 5.69 Å². The van der Waals surface area contributed by atoms with Crippen LogP contribution in [0.3, 0.4) is 0 Å². The van der Waals surface area contributed by atoms with Gasteiger partial charge in [-0.25, -0.2) is 9.07 Å². The average Bonchev–Trinajstić information content (AvgIpc) is 3.22. The van der Waals surface area contributed by atoms with Gasteiger partial charge in [0, 0.05) is 30.0 Å². The minimum absolute atomic E-state index is 0.0722. The molecule has 3 aromatic rings. The molecule has 162 valence electrons. The summed E-state index contributed by atoms with van der Waals surface area (Å²) in [6.45, 7) is 1.36. The molecule has 0 atom stereocenters. The van der Waals surface area contributed by atoms with Crippen LogP contribution in [0, 0.1) is 5.82 Å². The molecule has 0 unspecified atom stereocenters. The first-order chi connectivity index (χ1) is 15.5. The second-order valence-corrected chi connectivity index (χ2v) is 7.87. The highest BCUT2D eigenvalue weighted by Crippen LogP contribution is 2.29. The molecule has 5 rings (SSSR count). The van der Waals surface area contributed by atoms with Crippen LogP contribution >= 0.6 is 0 Å². The third-order valence-corrected chi connectivity index (χ3v) is 5.86. The lowest BCUT2D eigenvalue weighted by Gasteiger charge is -2.28. The van der Waals surface area contributed by atoms with E-state index in [0.717, 1.165) is 36.3 Å². The Kier molecular flexibility index (Phi) is 4.97. The Labute approximate surface area is 184 Å².